The van der Waals surface area contributed by atoms with Crippen LogP contribution in [-0.4, -0.2) is 18.2 Å². The molecule has 0 aliphatic heterocycles. The Labute approximate surface area is 122 Å². The number of halogens is 1. The topological polar surface area (TPSA) is 87.2 Å². The van der Waals surface area contributed by atoms with Gasteiger partial charge in [0, 0.05) is 23.3 Å². The maximum Gasteiger partial charge on any atom is 0.241 e. The van der Waals surface area contributed by atoms with E-state index in [2.05, 4.69) is 5.10 Å². The minimum absolute atomic E-state index is 0.132. The van der Waals surface area contributed by atoms with E-state index in [9.17, 15) is 8.42 Å². The van der Waals surface area contributed by atoms with Gasteiger partial charge >= 0.3 is 0 Å². The van der Waals surface area contributed by atoms with Crippen molar-refractivity contribution in [3.63, 3.8) is 0 Å². The Morgan fingerprint density at radius 1 is 1.45 bits per heavy atom. The van der Waals surface area contributed by atoms with Crippen LogP contribution >= 0.6 is 11.6 Å². The van der Waals surface area contributed by atoms with Crippen molar-refractivity contribution >= 4 is 21.6 Å². The predicted molar refractivity (Wildman–Crippen MR) is 75.1 cm³/mol. The minimum Gasteiger partial charge on any atom is -0.487 e. The van der Waals surface area contributed by atoms with Crippen LogP contribution in [0.15, 0.2) is 35.5 Å². The molecule has 1 heterocycles. The van der Waals surface area contributed by atoms with Gasteiger partial charge in [-0.1, -0.05) is 11.6 Å². The minimum atomic E-state index is -3.89. The number of aromatic nitrogens is 2. The van der Waals surface area contributed by atoms with E-state index >= 15 is 0 Å². The van der Waals surface area contributed by atoms with Crippen LogP contribution < -0.4 is 9.88 Å². The highest BCUT2D eigenvalue weighted by molar-refractivity contribution is 7.89. The van der Waals surface area contributed by atoms with E-state index in [0.717, 1.165) is 12.1 Å². The lowest BCUT2D eigenvalue weighted by Gasteiger charge is -2.09. The molecule has 20 heavy (non-hydrogen) atoms. The summed E-state index contributed by atoms with van der Waals surface area (Å²) in [7, 11) is -3.89. The second-order valence-corrected chi connectivity index (χ2v) is 6.10. The van der Waals surface area contributed by atoms with Gasteiger partial charge in [0.2, 0.25) is 10.0 Å². The zero-order valence-corrected chi connectivity index (χ0v) is 12.4. The van der Waals surface area contributed by atoms with Crippen LogP contribution in [-0.2, 0) is 23.2 Å². The quantitative estimate of drug-likeness (QED) is 0.911. The van der Waals surface area contributed by atoms with Crippen LogP contribution in [0.25, 0.3) is 0 Å². The fraction of sp³-hybridized carbons (Fsp3) is 0.250. The molecule has 0 amide bonds. The molecule has 2 N–H and O–H groups in total. The molecule has 1 aromatic heterocycles. The number of ether oxygens (including phenoxy) is 1. The summed E-state index contributed by atoms with van der Waals surface area (Å²) in [6, 6.07) is 4.29. The molecular weight excluding hydrogens is 302 g/mol. The molecule has 108 valence electrons. The summed E-state index contributed by atoms with van der Waals surface area (Å²) in [5.74, 6) is 0.168. The first kappa shape index (κ1) is 14.8. The molecule has 0 radical (unpaired) electrons. The fourth-order valence-corrected chi connectivity index (χ4v) is 2.57. The van der Waals surface area contributed by atoms with Gasteiger partial charge in [0.05, 0.1) is 6.20 Å². The van der Waals surface area contributed by atoms with Gasteiger partial charge in [0.15, 0.2) is 0 Å². The largest absolute Gasteiger partial charge is 0.487 e. The SMILES string of the molecule is CCn1cc(COc2ccc(Cl)cc2S(N)(=O)=O)cn1. The van der Waals surface area contributed by atoms with Gasteiger partial charge in [0.1, 0.15) is 17.3 Å². The molecular formula is C12H14ClN3O3S. The summed E-state index contributed by atoms with van der Waals surface area (Å²) >= 11 is 5.77. The standard InChI is InChI=1S/C12H14ClN3O3S/c1-2-16-7-9(6-15-16)8-19-11-4-3-10(13)5-12(11)20(14,17)18/h3-7H,2,8H2,1H3,(H2,14,17,18). The van der Waals surface area contributed by atoms with Gasteiger partial charge in [-0.3, -0.25) is 4.68 Å². The summed E-state index contributed by atoms with van der Waals surface area (Å²) in [6.45, 7) is 2.92. The smallest absolute Gasteiger partial charge is 0.241 e. The van der Waals surface area contributed by atoms with Crippen molar-refractivity contribution in [3.05, 3.63) is 41.2 Å². The number of aryl methyl sites for hydroxylation is 1. The lowest BCUT2D eigenvalue weighted by Crippen LogP contribution is -2.14. The van der Waals surface area contributed by atoms with Crippen LogP contribution in [0.3, 0.4) is 0 Å². The molecule has 8 heteroatoms. The molecule has 2 aromatic rings. The maximum atomic E-state index is 11.5. The summed E-state index contributed by atoms with van der Waals surface area (Å²) in [5, 5.41) is 9.52. The molecule has 0 bridgehead atoms. The Hall–Kier alpha value is -1.57. The summed E-state index contributed by atoms with van der Waals surface area (Å²) in [5.41, 5.74) is 0.835. The number of nitrogens with two attached hydrogens (primary N) is 1. The van der Waals surface area contributed by atoms with Crippen molar-refractivity contribution < 1.29 is 13.2 Å². The second-order valence-electron chi connectivity index (χ2n) is 4.13. The van der Waals surface area contributed by atoms with Crippen LogP contribution in [0.4, 0.5) is 0 Å². The van der Waals surface area contributed by atoms with E-state index < -0.39 is 10.0 Å². The van der Waals surface area contributed by atoms with Crippen molar-refractivity contribution in [2.75, 3.05) is 0 Å². The van der Waals surface area contributed by atoms with Gasteiger partial charge in [-0.25, -0.2) is 13.6 Å². The van der Waals surface area contributed by atoms with Crippen molar-refractivity contribution in [2.45, 2.75) is 25.0 Å². The fourth-order valence-electron chi connectivity index (χ4n) is 1.64. The molecule has 0 atom stereocenters. The molecule has 0 saturated carbocycles. The van der Waals surface area contributed by atoms with E-state index in [-0.39, 0.29) is 22.3 Å². The Bertz CT molecular complexity index is 712. The first-order valence-corrected chi connectivity index (χ1v) is 7.79. The van der Waals surface area contributed by atoms with E-state index in [0.29, 0.717) is 0 Å². The summed E-state index contributed by atoms with van der Waals surface area (Å²) in [4.78, 5) is -0.132. The maximum absolute atomic E-state index is 11.5. The predicted octanol–water partition coefficient (Wildman–Crippen LogP) is 1.78. The van der Waals surface area contributed by atoms with Crippen LogP contribution in [0.1, 0.15) is 12.5 Å². The Morgan fingerprint density at radius 3 is 2.80 bits per heavy atom. The highest BCUT2D eigenvalue weighted by atomic mass is 35.5. The molecule has 0 fully saturated rings. The normalized spacial score (nSPS) is 11.6. The first-order chi connectivity index (χ1) is 9.40. The van der Waals surface area contributed by atoms with E-state index in [1.807, 2.05) is 13.1 Å². The average molecular weight is 316 g/mol. The molecule has 0 saturated heterocycles. The third-order valence-corrected chi connectivity index (χ3v) is 3.78. The second kappa shape index (κ2) is 5.82. The van der Waals surface area contributed by atoms with Crippen LogP contribution in [0.5, 0.6) is 5.75 Å². The monoisotopic (exact) mass is 315 g/mol. The van der Waals surface area contributed by atoms with Crippen LogP contribution in [0.2, 0.25) is 5.02 Å². The lowest BCUT2D eigenvalue weighted by molar-refractivity contribution is 0.298. The Balaban J connectivity index is 2.21. The number of hydrogen-bond donors (Lipinski definition) is 1. The molecule has 0 spiro atoms. The number of sulfonamides is 1. The van der Waals surface area contributed by atoms with Crippen molar-refractivity contribution in [1.29, 1.82) is 0 Å². The zero-order chi connectivity index (χ0) is 14.8. The van der Waals surface area contributed by atoms with Crippen LogP contribution in [0, 0.1) is 0 Å². The Kier molecular flexibility index (Phi) is 4.32. The number of benzene rings is 1. The summed E-state index contributed by atoms with van der Waals surface area (Å²) in [6.07, 6.45) is 3.49. The molecule has 0 unspecified atom stereocenters. The Morgan fingerprint density at radius 2 is 2.20 bits per heavy atom. The van der Waals surface area contributed by atoms with Gasteiger partial charge in [-0.05, 0) is 25.1 Å². The lowest BCUT2D eigenvalue weighted by atomic mass is 10.3. The first-order valence-electron chi connectivity index (χ1n) is 5.86. The van der Waals surface area contributed by atoms with Gasteiger partial charge in [0.25, 0.3) is 0 Å². The van der Waals surface area contributed by atoms with E-state index in [1.54, 1.807) is 16.9 Å². The number of rotatable bonds is 5. The molecule has 1 aromatic carbocycles. The third kappa shape index (κ3) is 3.50. The summed E-state index contributed by atoms with van der Waals surface area (Å²) < 4.78 is 30.2. The van der Waals surface area contributed by atoms with Crippen molar-refractivity contribution in [2.24, 2.45) is 5.14 Å². The number of primary sulfonamides is 1. The third-order valence-electron chi connectivity index (χ3n) is 2.62. The van der Waals surface area contributed by atoms with Crippen molar-refractivity contribution in [1.82, 2.24) is 9.78 Å². The zero-order valence-electron chi connectivity index (χ0n) is 10.8. The average Bonchev–Trinajstić information content (AvgIpc) is 2.84. The highest BCUT2D eigenvalue weighted by Gasteiger charge is 2.16. The van der Waals surface area contributed by atoms with E-state index in [4.69, 9.17) is 21.5 Å². The van der Waals surface area contributed by atoms with Gasteiger partial charge < -0.3 is 4.74 Å². The van der Waals surface area contributed by atoms with Gasteiger partial charge in [-0.2, -0.15) is 5.10 Å². The molecule has 2 rings (SSSR count). The van der Waals surface area contributed by atoms with E-state index in [1.165, 1.54) is 12.1 Å². The molecule has 0 aliphatic rings. The number of nitrogens with zero attached hydrogens (tertiary/aromatic N) is 2. The highest BCUT2D eigenvalue weighted by Crippen LogP contribution is 2.27. The molecule has 6 nitrogen and oxygen atoms in total. The molecule has 0 aliphatic carbocycles. The number of hydrogen-bond acceptors (Lipinski definition) is 4. The van der Waals surface area contributed by atoms with Gasteiger partial charge in [-0.15, -0.1) is 0 Å². The van der Waals surface area contributed by atoms with Crippen molar-refractivity contribution in [3.8, 4) is 5.75 Å².